The number of carbonyl (C=O) groups excluding carboxylic acids is 4. The second-order valence-electron chi connectivity index (χ2n) is 19.9. The minimum Gasteiger partial charge on any atom is -0.465 e. The van der Waals surface area contributed by atoms with E-state index in [-0.39, 0.29) is 23.8 Å². The maximum Gasteiger partial charge on any atom is 0.337 e. The number of fused-ring (bicyclic) bond motifs is 3. The van der Waals surface area contributed by atoms with Crippen LogP contribution in [0.25, 0.3) is 32.7 Å². The van der Waals surface area contributed by atoms with Crippen LogP contribution in [0.15, 0.2) is 175 Å². The molecule has 0 saturated carbocycles. The van der Waals surface area contributed by atoms with Crippen LogP contribution in [0.4, 0.5) is 5.69 Å². The van der Waals surface area contributed by atoms with E-state index in [9.17, 15) is 19.2 Å². The number of ether oxygens (including phenoxy) is 2. The van der Waals surface area contributed by atoms with Gasteiger partial charge >= 0.3 is 11.9 Å². The quantitative estimate of drug-likeness (QED) is 0.0336. The highest BCUT2D eigenvalue weighted by molar-refractivity contribution is 7.10. The topological polar surface area (TPSA) is 264 Å². The van der Waals surface area contributed by atoms with Gasteiger partial charge in [0, 0.05) is 102 Å². The third-order valence-electron chi connectivity index (χ3n) is 13.5. The summed E-state index contributed by atoms with van der Waals surface area (Å²) < 4.78 is 11.1. The number of aromatic amines is 2. The van der Waals surface area contributed by atoms with Crippen molar-refractivity contribution in [3.63, 3.8) is 0 Å². The van der Waals surface area contributed by atoms with Gasteiger partial charge < -0.3 is 31.6 Å². The molecule has 5 heterocycles. The molecule has 12 aromatic rings. The molecule has 0 aliphatic carbocycles. The van der Waals surface area contributed by atoms with Crippen molar-refractivity contribution in [1.29, 1.82) is 0 Å². The lowest BCUT2D eigenvalue weighted by Crippen LogP contribution is -2.22. The van der Waals surface area contributed by atoms with Crippen LogP contribution in [0.5, 0.6) is 0 Å². The zero-order valence-corrected chi connectivity index (χ0v) is 55.0. The summed E-state index contributed by atoms with van der Waals surface area (Å²) in [7, 11) is 2.71. The first kappa shape index (κ1) is 69.5. The first-order valence-electron chi connectivity index (χ1n) is 28.1. The average molecular weight is 1340 g/mol. The second-order valence-corrected chi connectivity index (χ2v) is 23.5. The number of methoxy groups -OCH3 is 2. The van der Waals surface area contributed by atoms with E-state index < -0.39 is 0 Å². The number of rotatable bonds is 14. The first-order chi connectivity index (χ1) is 43.9. The van der Waals surface area contributed by atoms with Crippen LogP contribution in [0.2, 0.25) is 15.1 Å². The highest BCUT2D eigenvalue weighted by atomic mass is 35.5. The van der Waals surface area contributed by atoms with Crippen LogP contribution in [0.3, 0.4) is 0 Å². The van der Waals surface area contributed by atoms with Gasteiger partial charge in [-0.05, 0) is 134 Å². The lowest BCUT2D eigenvalue weighted by molar-refractivity contribution is 0.0592. The fourth-order valence-electron chi connectivity index (χ4n) is 8.43. The van der Waals surface area contributed by atoms with Gasteiger partial charge in [0.1, 0.15) is 0 Å². The summed E-state index contributed by atoms with van der Waals surface area (Å²) in [6.45, 7) is 8.14. The summed E-state index contributed by atoms with van der Waals surface area (Å²) in [5.74, 6) is -0.250. The Labute approximate surface area is 554 Å². The van der Waals surface area contributed by atoms with Crippen LogP contribution in [-0.2, 0) is 48.5 Å². The van der Waals surface area contributed by atoms with E-state index in [2.05, 4.69) is 55.6 Å². The van der Waals surface area contributed by atoms with Gasteiger partial charge in [-0.1, -0.05) is 95.5 Å². The van der Waals surface area contributed by atoms with Crippen molar-refractivity contribution >= 4 is 131 Å². The van der Waals surface area contributed by atoms with Gasteiger partial charge in [0.25, 0.3) is 11.8 Å². The molecule has 91 heavy (non-hydrogen) atoms. The highest BCUT2D eigenvalue weighted by Gasteiger charge is 2.12. The number of alkyl halides is 1. The van der Waals surface area contributed by atoms with Gasteiger partial charge in [0.2, 0.25) is 0 Å². The van der Waals surface area contributed by atoms with E-state index in [4.69, 9.17) is 57.9 Å². The maximum absolute atomic E-state index is 12.5. The maximum atomic E-state index is 12.5. The number of aromatic nitrogens is 8. The Kier molecular flexibility index (Phi) is 27.0. The molecular weight excluding hydrogens is 1270 g/mol. The smallest absolute Gasteiger partial charge is 0.337 e. The highest BCUT2D eigenvalue weighted by Crippen LogP contribution is 2.21. The van der Waals surface area contributed by atoms with Crippen LogP contribution in [0, 0.1) is 20.8 Å². The van der Waals surface area contributed by atoms with Crippen molar-refractivity contribution in [2.24, 2.45) is 5.73 Å². The van der Waals surface area contributed by atoms with Gasteiger partial charge in [-0.2, -0.15) is 15.3 Å². The van der Waals surface area contributed by atoms with Crippen molar-refractivity contribution in [2.45, 2.75) is 59.8 Å². The van der Waals surface area contributed by atoms with Crippen LogP contribution in [-0.4, -0.2) is 84.0 Å². The molecule has 18 nitrogen and oxygen atoms in total. The fraction of sp³-hybridized carbons (Fsp3) is 0.179. The Balaban J connectivity index is 0.000000164. The minimum atomic E-state index is -0.360. The van der Waals surface area contributed by atoms with E-state index in [0.29, 0.717) is 63.5 Å². The number of hydrogen-bond acceptors (Lipinski definition) is 15. The molecule has 7 aromatic carbocycles. The third kappa shape index (κ3) is 21.6. The summed E-state index contributed by atoms with van der Waals surface area (Å²) in [5.41, 5.74) is 26.2. The number of halogens is 4. The molecule has 0 fully saturated rings. The third-order valence-corrected chi connectivity index (χ3v) is 16.4. The molecule has 0 saturated heterocycles. The predicted molar refractivity (Wildman–Crippen MR) is 367 cm³/mol. The number of nitrogens with one attached hydrogen (secondary N) is 4. The summed E-state index contributed by atoms with van der Waals surface area (Å²) in [6, 6.07) is 43.8. The molecule has 8 N–H and O–H groups in total. The lowest BCUT2D eigenvalue weighted by atomic mass is 10.1. The molecule has 0 bridgehead atoms. The molecule has 12 rings (SSSR count). The number of benzene rings is 7. The summed E-state index contributed by atoms with van der Waals surface area (Å²) in [6.07, 6.45) is 7.30. The molecule has 2 amide bonds. The monoisotopic (exact) mass is 1340 g/mol. The van der Waals surface area contributed by atoms with Crippen molar-refractivity contribution in [3.8, 4) is 0 Å². The van der Waals surface area contributed by atoms with Crippen LogP contribution >= 0.6 is 69.1 Å². The van der Waals surface area contributed by atoms with E-state index in [1.807, 2.05) is 140 Å². The Morgan fingerprint density at radius 1 is 0.571 bits per heavy atom. The average Bonchev–Trinajstić information content (AvgIpc) is 1.98. The number of hydrogen-bond donors (Lipinski definition) is 6. The Morgan fingerprint density at radius 2 is 1.03 bits per heavy atom. The van der Waals surface area contributed by atoms with Gasteiger partial charge in [-0.15, -0.1) is 34.3 Å². The number of H-pyrrole nitrogens is 2. The zero-order chi connectivity index (χ0) is 65.2. The number of thiazole rings is 2. The largest absolute Gasteiger partial charge is 0.465 e. The number of nitrogen functional groups attached to an aromatic ring is 1. The number of nitrogens with two attached hydrogens (primary N) is 2. The van der Waals surface area contributed by atoms with Gasteiger partial charge in [-0.25, -0.2) is 19.6 Å². The Morgan fingerprint density at radius 3 is 1.51 bits per heavy atom. The summed E-state index contributed by atoms with van der Waals surface area (Å²) in [5, 5.41) is 28.9. The number of esters is 2. The zero-order valence-electron chi connectivity index (χ0n) is 50.3. The normalized spacial score (nSPS) is 10.4. The Bertz CT molecular complexity index is 4360. The molecule has 0 unspecified atom stereocenters. The lowest BCUT2D eigenvalue weighted by Gasteiger charge is -2.06. The number of amides is 2. The molecule has 0 aliphatic heterocycles. The number of aryl methyl sites for hydroxylation is 6. The van der Waals surface area contributed by atoms with Gasteiger partial charge in [0.05, 0.1) is 76.7 Å². The van der Waals surface area contributed by atoms with Gasteiger partial charge in [-0.3, -0.25) is 24.5 Å². The van der Waals surface area contributed by atoms with E-state index in [0.717, 1.165) is 90.8 Å². The number of carbonyl (C=O) groups is 4. The summed E-state index contributed by atoms with van der Waals surface area (Å²) in [4.78, 5) is 57.7. The molecule has 5 aromatic heterocycles. The fourth-order valence-corrected chi connectivity index (χ4v) is 10.9. The summed E-state index contributed by atoms with van der Waals surface area (Å²) >= 11 is 26.5. The van der Waals surface area contributed by atoms with E-state index in [1.54, 1.807) is 83.6 Å². The minimum absolute atomic E-state index is 0.124. The van der Waals surface area contributed by atoms with E-state index >= 15 is 0 Å². The molecule has 0 atom stereocenters. The predicted octanol–water partition coefficient (Wildman–Crippen LogP) is 14.5. The number of nitrogens with zero attached hydrogens (tertiary/aromatic N) is 6. The standard InChI is InChI=1S/C21H19ClN4OS.C15H12ClN3O.C9H8N2O2.C9H11NO2.C7H8ClN.C6H8ClNS/c1-14-20(28-13-24-14)7-8-26-12-17-6-5-16(10-19(17)25-26)21(27)23-11-15-3-2-4-18(22)9-15;16-13-3-1-2-10(6-13)8-17-15(20)11-4-5-12-9-18-19-14(12)7-11;1-13-9(12)6-2-3-7-5-10-11-8(7)4-6;1-6-3-4-7(5-8(6)10)9(11)12-2;8-7-3-1-2-6(4-7)5-9;1-5-6(2-3-7)9-4-8-5/h2-6,9-10,12-13H,7-8,11H2,1H3,(H,23,27);1-7,9H,8H2,(H,17,20)(H,18,19);2-5H,1H3,(H,10,11);3-5H,10H2,1-2H3;1-4H,5,9H2;4H,2-3H2,1H3. The van der Waals surface area contributed by atoms with Crippen molar-refractivity contribution in [3.05, 3.63) is 256 Å². The van der Waals surface area contributed by atoms with Crippen LogP contribution in [0.1, 0.15) is 84.8 Å². The first-order valence-corrected chi connectivity index (χ1v) is 31.6. The van der Waals surface area contributed by atoms with Crippen molar-refractivity contribution < 1.29 is 28.7 Å². The molecule has 0 radical (unpaired) electrons. The van der Waals surface area contributed by atoms with Crippen molar-refractivity contribution in [2.75, 3.05) is 25.8 Å². The molecule has 470 valence electrons. The Hall–Kier alpha value is -8.99. The number of anilines is 1. The molecule has 0 aliphatic rings. The molecular formula is C67H66Cl4N12O6S2. The SMILES string of the molecule is COC(=O)c1ccc(C)c(N)c1.COC(=O)c1ccc2cn[nH]c2c1.Cc1ncsc1CCCl.Cc1ncsc1CCn1cc2ccc(C(=O)NCc3cccc(Cl)c3)cc2n1.NCc1cccc(Cl)c1.O=C(NCc1cccc(Cl)c1)c1ccc2cn[nH]c2c1. The van der Waals surface area contributed by atoms with E-state index in [1.165, 1.54) is 24.0 Å². The molecule has 24 heteroatoms. The van der Waals surface area contributed by atoms with Crippen LogP contribution < -0.4 is 22.1 Å². The van der Waals surface area contributed by atoms with Crippen molar-refractivity contribution in [1.82, 2.24) is 50.8 Å². The second kappa shape index (κ2) is 35.4. The van der Waals surface area contributed by atoms with Gasteiger partial charge in [0.15, 0.2) is 0 Å². The molecule has 0 spiro atoms.